The number of rotatable bonds is 7. The Kier molecular flexibility index (Phi) is 8.20. The fraction of sp³-hybridized carbons (Fsp3) is 1.00. The zero-order chi connectivity index (χ0) is 9.40. The molecular formula is C11H24S. The molecule has 0 rings (SSSR count). The molecule has 0 aromatic rings. The number of hydrogen-bond donors (Lipinski definition) is 1. The molecule has 0 bridgehead atoms. The predicted molar refractivity (Wildman–Crippen MR) is 61.0 cm³/mol. The molecule has 0 aromatic carbocycles. The van der Waals surface area contributed by atoms with E-state index < -0.39 is 0 Å². The van der Waals surface area contributed by atoms with Gasteiger partial charge in [-0.15, -0.1) is 0 Å². The van der Waals surface area contributed by atoms with Crippen LogP contribution in [0.1, 0.15) is 59.3 Å². The number of hydrogen-bond acceptors (Lipinski definition) is 1. The Morgan fingerprint density at radius 2 is 1.58 bits per heavy atom. The lowest BCUT2D eigenvalue weighted by molar-refractivity contribution is 0.450. The molecule has 0 nitrogen and oxygen atoms in total. The molecule has 0 N–H and O–H groups in total. The molecule has 1 heteroatoms. The highest BCUT2D eigenvalue weighted by molar-refractivity contribution is 7.80. The lowest BCUT2D eigenvalue weighted by Gasteiger charge is -2.10. The smallest absolute Gasteiger partial charge is 0.00116 e. The van der Waals surface area contributed by atoms with E-state index >= 15 is 0 Å². The monoisotopic (exact) mass is 188 g/mol. The first-order valence-electron chi connectivity index (χ1n) is 5.34. The summed E-state index contributed by atoms with van der Waals surface area (Å²) in [6, 6.07) is 0. The summed E-state index contributed by atoms with van der Waals surface area (Å²) in [5.74, 6) is 0.928. The first-order chi connectivity index (χ1) is 5.66. The first-order valence-corrected chi connectivity index (χ1v) is 5.86. The molecule has 0 saturated carbocycles. The Labute approximate surface area is 83.5 Å². The molecular weight excluding hydrogens is 164 g/mol. The van der Waals surface area contributed by atoms with Crippen LogP contribution in [0.15, 0.2) is 0 Å². The van der Waals surface area contributed by atoms with Gasteiger partial charge in [0.1, 0.15) is 0 Å². The Bertz CT molecular complexity index is 89.0. The van der Waals surface area contributed by atoms with E-state index in [0.29, 0.717) is 5.25 Å². The average Bonchev–Trinajstić information content (AvgIpc) is 2.00. The van der Waals surface area contributed by atoms with Gasteiger partial charge in [0.05, 0.1) is 0 Å². The van der Waals surface area contributed by atoms with Crippen LogP contribution < -0.4 is 0 Å². The van der Waals surface area contributed by atoms with Crippen molar-refractivity contribution >= 4 is 12.6 Å². The molecule has 74 valence electrons. The van der Waals surface area contributed by atoms with E-state index in [2.05, 4.69) is 33.4 Å². The second-order valence-electron chi connectivity index (χ2n) is 4.03. The van der Waals surface area contributed by atoms with Crippen molar-refractivity contribution in [3.05, 3.63) is 0 Å². The molecule has 0 aliphatic rings. The first kappa shape index (κ1) is 12.3. The second-order valence-corrected chi connectivity index (χ2v) is 4.91. The van der Waals surface area contributed by atoms with Gasteiger partial charge >= 0.3 is 0 Å². The summed E-state index contributed by atoms with van der Waals surface area (Å²) in [6.07, 6.45) is 8.18. The third kappa shape index (κ3) is 8.45. The molecule has 0 spiro atoms. The summed E-state index contributed by atoms with van der Waals surface area (Å²) < 4.78 is 0. The van der Waals surface area contributed by atoms with Gasteiger partial charge in [0.2, 0.25) is 0 Å². The minimum Gasteiger partial charge on any atom is -0.176 e. The van der Waals surface area contributed by atoms with Crippen molar-refractivity contribution in [3.63, 3.8) is 0 Å². The van der Waals surface area contributed by atoms with Gasteiger partial charge < -0.3 is 0 Å². The van der Waals surface area contributed by atoms with Crippen LogP contribution in [0.2, 0.25) is 0 Å². The van der Waals surface area contributed by atoms with Crippen molar-refractivity contribution in [1.29, 1.82) is 0 Å². The van der Waals surface area contributed by atoms with Crippen molar-refractivity contribution in [2.24, 2.45) is 5.92 Å². The van der Waals surface area contributed by atoms with E-state index in [9.17, 15) is 0 Å². The van der Waals surface area contributed by atoms with Crippen LogP contribution in [-0.4, -0.2) is 5.25 Å². The molecule has 2 unspecified atom stereocenters. The normalized spacial score (nSPS) is 16.0. The van der Waals surface area contributed by atoms with Gasteiger partial charge in [-0.2, -0.15) is 12.6 Å². The third-order valence-electron chi connectivity index (χ3n) is 2.37. The fourth-order valence-corrected chi connectivity index (χ4v) is 1.64. The van der Waals surface area contributed by atoms with E-state index in [1.807, 2.05) is 0 Å². The highest BCUT2D eigenvalue weighted by Gasteiger charge is 2.02. The van der Waals surface area contributed by atoms with Crippen LogP contribution in [0.4, 0.5) is 0 Å². The van der Waals surface area contributed by atoms with Gasteiger partial charge in [-0.05, 0) is 17.6 Å². The maximum absolute atomic E-state index is 4.37. The summed E-state index contributed by atoms with van der Waals surface area (Å²) in [6.45, 7) is 6.82. The zero-order valence-corrected chi connectivity index (χ0v) is 9.74. The maximum Gasteiger partial charge on any atom is -0.00116 e. The molecule has 0 fully saturated rings. The highest BCUT2D eigenvalue weighted by Crippen LogP contribution is 2.16. The number of unbranched alkanes of at least 4 members (excludes halogenated alkanes) is 1. The van der Waals surface area contributed by atoms with Crippen molar-refractivity contribution in [2.75, 3.05) is 0 Å². The average molecular weight is 188 g/mol. The standard InChI is InChI=1S/C11H24S/c1-4-5-7-10(2)8-6-9-11(3)12/h10-12H,4-9H2,1-3H3. The lowest BCUT2D eigenvalue weighted by atomic mass is 9.98. The molecule has 0 aromatic heterocycles. The zero-order valence-electron chi connectivity index (χ0n) is 8.84. The molecule has 0 radical (unpaired) electrons. The Morgan fingerprint density at radius 1 is 1.00 bits per heavy atom. The van der Waals surface area contributed by atoms with E-state index in [4.69, 9.17) is 0 Å². The maximum atomic E-state index is 4.37. The molecule has 0 saturated heterocycles. The van der Waals surface area contributed by atoms with E-state index in [1.54, 1.807) is 0 Å². The van der Waals surface area contributed by atoms with Gasteiger partial charge in [0.15, 0.2) is 0 Å². The third-order valence-corrected chi connectivity index (χ3v) is 2.63. The van der Waals surface area contributed by atoms with Gasteiger partial charge in [-0.25, -0.2) is 0 Å². The van der Waals surface area contributed by atoms with Gasteiger partial charge in [-0.1, -0.05) is 52.9 Å². The van der Waals surface area contributed by atoms with Crippen LogP contribution in [0.25, 0.3) is 0 Å². The predicted octanol–water partition coefficient (Wildman–Crippen LogP) is 4.30. The minimum absolute atomic E-state index is 0.586. The number of thiol groups is 1. The van der Waals surface area contributed by atoms with E-state index in [1.165, 1.54) is 38.5 Å². The fourth-order valence-electron chi connectivity index (χ4n) is 1.46. The summed E-state index contributed by atoms with van der Waals surface area (Å²) in [7, 11) is 0. The van der Waals surface area contributed by atoms with Crippen LogP contribution in [0.3, 0.4) is 0 Å². The van der Waals surface area contributed by atoms with Crippen LogP contribution >= 0.6 is 12.6 Å². The van der Waals surface area contributed by atoms with Crippen molar-refractivity contribution in [2.45, 2.75) is 64.5 Å². The van der Waals surface area contributed by atoms with Gasteiger partial charge in [0.25, 0.3) is 0 Å². The van der Waals surface area contributed by atoms with Crippen LogP contribution in [0.5, 0.6) is 0 Å². The van der Waals surface area contributed by atoms with Crippen LogP contribution in [-0.2, 0) is 0 Å². The Balaban J connectivity index is 3.13. The summed E-state index contributed by atoms with van der Waals surface area (Å²) in [5.41, 5.74) is 0. The topological polar surface area (TPSA) is 0 Å². The summed E-state index contributed by atoms with van der Waals surface area (Å²) in [4.78, 5) is 0. The molecule has 0 aliphatic carbocycles. The van der Waals surface area contributed by atoms with E-state index in [-0.39, 0.29) is 0 Å². The molecule has 0 aliphatic heterocycles. The Hall–Kier alpha value is 0.350. The Morgan fingerprint density at radius 3 is 2.08 bits per heavy atom. The van der Waals surface area contributed by atoms with Crippen molar-refractivity contribution < 1.29 is 0 Å². The van der Waals surface area contributed by atoms with E-state index in [0.717, 1.165) is 5.92 Å². The SMILES string of the molecule is CCCCC(C)CCCC(C)S. The van der Waals surface area contributed by atoms with Crippen LogP contribution in [0, 0.1) is 5.92 Å². The second kappa shape index (κ2) is 7.97. The molecule has 0 amide bonds. The quantitative estimate of drug-likeness (QED) is 0.566. The largest absolute Gasteiger partial charge is 0.176 e. The van der Waals surface area contributed by atoms with Gasteiger partial charge in [0, 0.05) is 0 Å². The van der Waals surface area contributed by atoms with Crippen molar-refractivity contribution in [1.82, 2.24) is 0 Å². The van der Waals surface area contributed by atoms with Crippen molar-refractivity contribution in [3.8, 4) is 0 Å². The molecule has 2 atom stereocenters. The van der Waals surface area contributed by atoms with Gasteiger partial charge in [-0.3, -0.25) is 0 Å². The highest BCUT2D eigenvalue weighted by atomic mass is 32.1. The minimum atomic E-state index is 0.586. The lowest BCUT2D eigenvalue weighted by Crippen LogP contribution is -1.97. The summed E-state index contributed by atoms with van der Waals surface area (Å²) >= 11 is 4.37. The summed E-state index contributed by atoms with van der Waals surface area (Å²) in [5, 5.41) is 0.586. The molecule has 0 heterocycles. The molecule has 12 heavy (non-hydrogen) atoms.